The van der Waals surface area contributed by atoms with Crippen LogP contribution < -0.4 is 22.1 Å². The van der Waals surface area contributed by atoms with Crippen molar-refractivity contribution in [2.24, 2.45) is 11.5 Å². The molecule has 1 saturated heterocycles. The minimum absolute atomic E-state index is 0.0688. The van der Waals surface area contributed by atoms with Crippen LogP contribution in [0.4, 0.5) is 0 Å². The molecule has 32 heavy (non-hydrogen) atoms. The molecule has 1 fully saturated rings. The van der Waals surface area contributed by atoms with Crippen LogP contribution in [0.3, 0.4) is 0 Å². The molecule has 0 unspecified atom stereocenters. The third-order valence-corrected chi connectivity index (χ3v) is 5.22. The zero-order chi connectivity index (χ0) is 23.7. The van der Waals surface area contributed by atoms with Gasteiger partial charge in [0, 0.05) is 13.0 Å². The summed E-state index contributed by atoms with van der Waals surface area (Å²) in [6, 6.07) is 6.13. The second-order valence-electron chi connectivity index (χ2n) is 7.66. The van der Waals surface area contributed by atoms with Crippen LogP contribution in [0.15, 0.2) is 30.3 Å². The summed E-state index contributed by atoms with van der Waals surface area (Å²) in [6.45, 7) is -0.135. The molecule has 3 atom stereocenters. The Hall–Kier alpha value is -3.47. The van der Waals surface area contributed by atoms with Gasteiger partial charge in [0.2, 0.25) is 23.6 Å². The molecule has 174 valence electrons. The summed E-state index contributed by atoms with van der Waals surface area (Å²) >= 11 is 0. The van der Waals surface area contributed by atoms with Gasteiger partial charge in [-0.05, 0) is 31.2 Å². The van der Waals surface area contributed by atoms with Crippen molar-refractivity contribution in [3.05, 3.63) is 35.9 Å². The Kier molecular flexibility index (Phi) is 9.14. The van der Waals surface area contributed by atoms with E-state index in [4.69, 9.17) is 11.5 Å². The van der Waals surface area contributed by atoms with Crippen molar-refractivity contribution in [2.75, 3.05) is 13.1 Å². The van der Waals surface area contributed by atoms with Crippen LogP contribution in [0.5, 0.6) is 0 Å². The summed E-state index contributed by atoms with van der Waals surface area (Å²) in [6.07, 6.45) is 0.938. The molecule has 0 aliphatic carbocycles. The lowest BCUT2D eigenvalue weighted by Crippen LogP contribution is -2.54. The largest absolute Gasteiger partial charge is 0.480 e. The lowest BCUT2D eigenvalue weighted by atomic mass is 10.0. The van der Waals surface area contributed by atoms with E-state index in [9.17, 15) is 29.1 Å². The van der Waals surface area contributed by atoms with Crippen LogP contribution in [0.25, 0.3) is 0 Å². The van der Waals surface area contributed by atoms with E-state index in [1.165, 1.54) is 4.90 Å². The Labute approximate surface area is 185 Å². The number of nitrogens with two attached hydrogens (primary N) is 2. The molecular formula is C21H29N5O6. The summed E-state index contributed by atoms with van der Waals surface area (Å²) in [5.41, 5.74) is 12.0. The molecule has 1 aliphatic heterocycles. The number of rotatable bonds is 11. The number of primary amides is 1. The van der Waals surface area contributed by atoms with Crippen LogP contribution in [0.2, 0.25) is 0 Å². The standard InChI is InChI=1S/C21H29N5O6/c22-14(11-13-5-2-1-3-6-13)19(29)25-15(8-9-17(23)27)20(30)24-12-18(28)26-10-4-7-16(26)21(31)32/h1-3,5-6,14-16H,4,7-12,22H2,(H2,23,27)(H,24,30)(H,25,29)(H,31,32)/t14-,15-,16-/m0/s1. The predicted molar refractivity (Wildman–Crippen MR) is 114 cm³/mol. The molecule has 11 nitrogen and oxygen atoms in total. The SMILES string of the molecule is NC(=O)CC[C@H](NC(=O)[C@@H](N)Cc1ccccc1)C(=O)NCC(=O)N1CCC[C@H]1C(=O)O. The highest BCUT2D eigenvalue weighted by Gasteiger charge is 2.34. The van der Waals surface area contributed by atoms with Gasteiger partial charge in [-0.1, -0.05) is 30.3 Å². The number of amides is 4. The Morgan fingerprint density at radius 3 is 2.44 bits per heavy atom. The quantitative estimate of drug-likeness (QED) is 0.273. The zero-order valence-electron chi connectivity index (χ0n) is 17.7. The number of carbonyl (C=O) groups is 5. The number of carboxylic acid groups (broad SMARTS) is 1. The second-order valence-corrected chi connectivity index (χ2v) is 7.66. The number of carbonyl (C=O) groups excluding carboxylic acids is 4. The van der Waals surface area contributed by atoms with Crippen LogP contribution in [0, 0.1) is 0 Å². The van der Waals surface area contributed by atoms with E-state index in [1.54, 1.807) is 0 Å². The maximum atomic E-state index is 12.6. The molecule has 1 heterocycles. The third kappa shape index (κ3) is 7.34. The van der Waals surface area contributed by atoms with Crippen molar-refractivity contribution in [1.82, 2.24) is 15.5 Å². The van der Waals surface area contributed by atoms with Crippen molar-refractivity contribution < 1.29 is 29.1 Å². The second kappa shape index (κ2) is 11.8. The molecule has 0 bridgehead atoms. The van der Waals surface area contributed by atoms with Crippen LogP contribution in [-0.4, -0.2) is 70.8 Å². The van der Waals surface area contributed by atoms with Gasteiger partial charge in [-0.15, -0.1) is 0 Å². The predicted octanol–water partition coefficient (Wildman–Crippen LogP) is -1.50. The number of nitrogens with zero attached hydrogens (tertiary/aromatic N) is 1. The van der Waals surface area contributed by atoms with Gasteiger partial charge in [0.15, 0.2) is 0 Å². The molecule has 0 radical (unpaired) electrons. The van der Waals surface area contributed by atoms with Crippen molar-refractivity contribution in [2.45, 2.75) is 50.2 Å². The molecular weight excluding hydrogens is 418 g/mol. The van der Waals surface area contributed by atoms with Gasteiger partial charge < -0.3 is 32.1 Å². The topological polar surface area (TPSA) is 185 Å². The van der Waals surface area contributed by atoms with Gasteiger partial charge in [0.25, 0.3) is 0 Å². The molecule has 0 aromatic heterocycles. The molecule has 2 rings (SSSR count). The Bertz CT molecular complexity index is 846. The van der Waals surface area contributed by atoms with E-state index in [0.29, 0.717) is 19.4 Å². The third-order valence-electron chi connectivity index (χ3n) is 5.22. The molecule has 0 saturated carbocycles. The van der Waals surface area contributed by atoms with E-state index in [0.717, 1.165) is 5.56 Å². The molecule has 1 aromatic carbocycles. The van der Waals surface area contributed by atoms with Gasteiger partial charge in [-0.3, -0.25) is 19.2 Å². The van der Waals surface area contributed by atoms with Crippen molar-refractivity contribution in [3.8, 4) is 0 Å². The van der Waals surface area contributed by atoms with E-state index >= 15 is 0 Å². The maximum absolute atomic E-state index is 12.6. The fraction of sp³-hybridized carbons (Fsp3) is 0.476. The number of hydrogen-bond donors (Lipinski definition) is 5. The summed E-state index contributed by atoms with van der Waals surface area (Å²) in [7, 11) is 0. The van der Waals surface area contributed by atoms with E-state index in [-0.39, 0.29) is 19.3 Å². The number of carboxylic acids is 1. The van der Waals surface area contributed by atoms with Gasteiger partial charge >= 0.3 is 5.97 Å². The molecule has 4 amide bonds. The van der Waals surface area contributed by atoms with Gasteiger partial charge in [0.1, 0.15) is 12.1 Å². The normalized spacial score (nSPS) is 17.3. The fourth-order valence-electron chi connectivity index (χ4n) is 3.50. The average molecular weight is 447 g/mol. The van der Waals surface area contributed by atoms with Crippen molar-refractivity contribution >= 4 is 29.6 Å². The number of benzene rings is 1. The molecule has 1 aromatic rings. The minimum atomic E-state index is -1.13. The van der Waals surface area contributed by atoms with Crippen LogP contribution >= 0.6 is 0 Å². The Balaban J connectivity index is 1.95. The Morgan fingerprint density at radius 1 is 1.12 bits per heavy atom. The highest BCUT2D eigenvalue weighted by molar-refractivity contribution is 5.93. The summed E-state index contributed by atoms with van der Waals surface area (Å²) < 4.78 is 0. The Morgan fingerprint density at radius 2 is 1.81 bits per heavy atom. The van der Waals surface area contributed by atoms with Crippen LogP contribution in [-0.2, 0) is 30.4 Å². The zero-order valence-corrected chi connectivity index (χ0v) is 17.7. The highest BCUT2D eigenvalue weighted by Crippen LogP contribution is 2.17. The first-order chi connectivity index (χ1) is 15.2. The monoisotopic (exact) mass is 447 g/mol. The first-order valence-corrected chi connectivity index (χ1v) is 10.4. The summed E-state index contributed by atoms with van der Waals surface area (Å²) in [4.78, 5) is 61.1. The van der Waals surface area contributed by atoms with E-state index in [1.807, 2.05) is 30.3 Å². The van der Waals surface area contributed by atoms with E-state index in [2.05, 4.69) is 10.6 Å². The average Bonchev–Trinajstić information content (AvgIpc) is 3.25. The van der Waals surface area contributed by atoms with Crippen molar-refractivity contribution in [3.63, 3.8) is 0 Å². The number of hydrogen-bond acceptors (Lipinski definition) is 6. The van der Waals surface area contributed by atoms with Crippen LogP contribution in [0.1, 0.15) is 31.2 Å². The lowest BCUT2D eigenvalue weighted by molar-refractivity contribution is -0.148. The van der Waals surface area contributed by atoms with Crippen molar-refractivity contribution in [1.29, 1.82) is 0 Å². The summed E-state index contributed by atoms with van der Waals surface area (Å²) in [5, 5.41) is 14.1. The molecule has 0 spiro atoms. The molecule has 1 aliphatic rings. The smallest absolute Gasteiger partial charge is 0.326 e. The number of aliphatic carboxylic acids is 1. The number of likely N-dealkylation sites (tertiary alicyclic amines) is 1. The molecule has 11 heteroatoms. The van der Waals surface area contributed by atoms with Gasteiger partial charge in [-0.25, -0.2) is 4.79 Å². The highest BCUT2D eigenvalue weighted by atomic mass is 16.4. The number of nitrogens with one attached hydrogen (secondary N) is 2. The fourth-order valence-corrected chi connectivity index (χ4v) is 3.50. The molecule has 7 N–H and O–H groups in total. The van der Waals surface area contributed by atoms with Gasteiger partial charge in [0.05, 0.1) is 12.6 Å². The summed E-state index contributed by atoms with van der Waals surface area (Å²) in [5.74, 6) is -3.56. The lowest BCUT2D eigenvalue weighted by Gasteiger charge is -2.23. The maximum Gasteiger partial charge on any atom is 0.326 e. The van der Waals surface area contributed by atoms with Gasteiger partial charge in [-0.2, -0.15) is 0 Å². The first kappa shape index (κ1) is 24.8. The minimum Gasteiger partial charge on any atom is -0.480 e. The van der Waals surface area contributed by atoms with E-state index < -0.39 is 54.3 Å². The first-order valence-electron chi connectivity index (χ1n) is 10.4.